The highest BCUT2D eigenvalue weighted by Crippen LogP contribution is 2.32. The lowest BCUT2D eigenvalue weighted by atomic mass is 9.96. The van der Waals surface area contributed by atoms with Crippen LogP contribution in [0.3, 0.4) is 0 Å². The largest absolute Gasteiger partial charge is 0.481 e. The molecular formula is C20H24N2O4. The molecule has 6 heteroatoms. The summed E-state index contributed by atoms with van der Waals surface area (Å²) < 4.78 is 10.3. The maximum Gasteiger partial charge on any atom is 0.344 e. The molecule has 0 heterocycles. The molecular weight excluding hydrogens is 332 g/mol. The van der Waals surface area contributed by atoms with Crippen molar-refractivity contribution in [2.75, 3.05) is 24.7 Å². The number of nitrogens with two attached hydrogens (primary N) is 2. The zero-order valence-corrected chi connectivity index (χ0v) is 15.2. The third kappa shape index (κ3) is 4.33. The molecule has 0 unspecified atom stereocenters. The first-order chi connectivity index (χ1) is 12.3. The van der Waals surface area contributed by atoms with Gasteiger partial charge in [0.25, 0.3) is 0 Å². The van der Waals surface area contributed by atoms with E-state index in [-0.39, 0.29) is 41.7 Å². The second-order valence-electron chi connectivity index (χ2n) is 6.14. The normalized spacial score (nSPS) is 10.6. The SMILES string of the molecule is CCOC(=O)COc1ccc(N)c(N)c1C(=O)c1ccc(C(C)C)cc1. The maximum absolute atomic E-state index is 13.0. The number of hydrogen-bond acceptors (Lipinski definition) is 6. The molecule has 0 saturated carbocycles. The van der Waals surface area contributed by atoms with Crippen LogP contribution in [0.2, 0.25) is 0 Å². The highest BCUT2D eigenvalue weighted by Gasteiger charge is 2.21. The Morgan fingerprint density at radius 2 is 1.69 bits per heavy atom. The van der Waals surface area contributed by atoms with Gasteiger partial charge in [-0.05, 0) is 30.5 Å². The van der Waals surface area contributed by atoms with Gasteiger partial charge in [0.2, 0.25) is 0 Å². The molecule has 4 N–H and O–H groups in total. The van der Waals surface area contributed by atoms with Crippen LogP contribution >= 0.6 is 0 Å². The molecule has 26 heavy (non-hydrogen) atoms. The van der Waals surface area contributed by atoms with Crippen molar-refractivity contribution >= 4 is 23.1 Å². The molecule has 0 radical (unpaired) electrons. The average molecular weight is 356 g/mol. The average Bonchev–Trinajstić information content (AvgIpc) is 2.62. The van der Waals surface area contributed by atoms with E-state index in [1.54, 1.807) is 19.1 Å². The molecule has 138 valence electrons. The predicted octanol–water partition coefficient (Wildman–Crippen LogP) is 3.15. The van der Waals surface area contributed by atoms with E-state index in [0.29, 0.717) is 11.5 Å². The number of anilines is 2. The van der Waals surface area contributed by atoms with Crippen molar-refractivity contribution < 1.29 is 19.1 Å². The van der Waals surface area contributed by atoms with Gasteiger partial charge in [0.15, 0.2) is 12.4 Å². The Hall–Kier alpha value is -3.02. The topological polar surface area (TPSA) is 105 Å². The lowest BCUT2D eigenvalue weighted by Crippen LogP contribution is -2.17. The summed E-state index contributed by atoms with van der Waals surface area (Å²) >= 11 is 0. The summed E-state index contributed by atoms with van der Waals surface area (Å²) in [7, 11) is 0. The number of hydrogen-bond donors (Lipinski definition) is 2. The molecule has 0 aromatic heterocycles. The van der Waals surface area contributed by atoms with E-state index in [2.05, 4.69) is 13.8 Å². The smallest absolute Gasteiger partial charge is 0.344 e. The van der Waals surface area contributed by atoms with Gasteiger partial charge in [-0.25, -0.2) is 4.79 Å². The predicted molar refractivity (Wildman–Crippen MR) is 101 cm³/mol. The van der Waals surface area contributed by atoms with E-state index in [0.717, 1.165) is 5.56 Å². The molecule has 6 nitrogen and oxygen atoms in total. The van der Waals surface area contributed by atoms with Crippen LogP contribution in [-0.4, -0.2) is 25.0 Å². The van der Waals surface area contributed by atoms with E-state index in [1.165, 1.54) is 12.1 Å². The minimum absolute atomic E-state index is 0.129. The van der Waals surface area contributed by atoms with Crippen LogP contribution in [0.1, 0.15) is 48.2 Å². The lowest BCUT2D eigenvalue weighted by Gasteiger charge is -2.14. The molecule has 0 saturated heterocycles. The van der Waals surface area contributed by atoms with E-state index in [1.807, 2.05) is 12.1 Å². The van der Waals surface area contributed by atoms with E-state index < -0.39 is 5.97 Å². The fourth-order valence-corrected chi connectivity index (χ4v) is 2.47. The maximum atomic E-state index is 13.0. The molecule has 0 aliphatic heterocycles. The van der Waals surface area contributed by atoms with E-state index >= 15 is 0 Å². The van der Waals surface area contributed by atoms with Gasteiger partial charge in [-0.2, -0.15) is 0 Å². The minimum Gasteiger partial charge on any atom is -0.481 e. The van der Waals surface area contributed by atoms with E-state index in [9.17, 15) is 9.59 Å². The van der Waals surface area contributed by atoms with Crippen LogP contribution in [0.25, 0.3) is 0 Å². The lowest BCUT2D eigenvalue weighted by molar-refractivity contribution is -0.145. The fraction of sp³-hybridized carbons (Fsp3) is 0.300. The van der Waals surface area contributed by atoms with Gasteiger partial charge in [0.1, 0.15) is 5.75 Å². The van der Waals surface area contributed by atoms with Gasteiger partial charge in [0.05, 0.1) is 23.5 Å². The molecule has 2 rings (SSSR count). The van der Waals surface area contributed by atoms with Crippen LogP contribution in [0.4, 0.5) is 11.4 Å². The first kappa shape index (κ1) is 19.3. The standard InChI is InChI=1S/C20H24N2O4/c1-4-25-17(23)11-26-16-10-9-15(21)19(22)18(16)20(24)14-7-5-13(6-8-14)12(2)3/h5-10,12H,4,11,21-22H2,1-3H3. The van der Waals surface area contributed by atoms with Gasteiger partial charge in [0, 0.05) is 5.56 Å². The summed E-state index contributed by atoms with van der Waals surface area (Å²) in [5, 5.41) is 0. The number of rotatable bonds is 7. The van der Waals surface area contributed by atoms with Crippen molar-refractivity contribution in [1.82, 2.24) is 0 Å². The summed E-state index contributed by atoms with van der Waals surface area (Å²) in [6, 6.07) is 10.4. The van der Waals surface area contributed by atoms with Crippen LogP contribution in [0.5, 0.6) is 5.75 Å². The van der Waals surface area contributed by atoms with Crippen LogP contribution < -0.4 is 16.2 Å². The molecule has 2 aromatic rings. The summed E-state index contributed by atoms with van der Waals surface area (Å²) in [6.07, 6.45) is 0. The van der Waals surface area contributed by atoms with Crippen molar-refractivity contribution in [3.05, 3.63) is 53.1 Å². The summed E-state index contributed by atoms with van der Waals surface area (Å²) in [5.74, 6) is -0.283. The van der Waals surface area contributed by atoms with Crippen LogP contribution in [-0.2, 0) is 9.53 Å². The first-order valence-electron chi connectivity index (χ1n) is 8.46. The summed E-state index contributed by atoms with van der Waals surface area (Å²) in [4.78, 5) is 24.5. The number of carbonyl (C=O) groups excluding carboxylic acids is 2. The number of benzene rings is 2. The Kier molecular flexibility index (Phi) is 6.22. The second-order valence-corrected chi connectivity index (χ2v) is 6.14. The van der Waals surface area contributed by atoms with Gasteiger partial charge >= 0.3 is 5.97 Å². The van der Waals surface area contributed by atoms with Gasteiger partial charge in [-0.1, -0.05) is 38.1 Å². The number of ether oxygens (including phenoxy) is 2. The molecule has 0 fully saturated rings. The Morgan fingerprint density at radius 1 is 1.04 bits per heavy atom. The number of ketones is 1. The van der Waals surface area contributed by atoms with Gasteiger partial charge < -0.3 is 20.9 Å². The molecule has 0 bridgehead atoms. The third-order valence-electron chi connectivity index (χ3n) is 3.96. The highest BCUT2D eigenvalue weighted by atomic mass is 16.6. The highest BCUT2D eigenvalue weighted by molar-refractivity contribution is 6.15. The molecule has 0 aliphatic rings. The number of carbonyl (C=O) groups is 2. The summed E-state index contributed by atoms with van der Waals surface area (Å²) in [6.45, 7) is 5.79. The zero-order chi connectivity index (χ0) is 19.3. The van der Waals surface area contributed by atoms with Crippen molar-refractivity contribution in [2.24, 2.45) is 0 Å². The molecule has 0 atom stereocenters. The molecule has 0 aliphatic carbocycles. The fourth-order valence-electron chi connectivity index (χ4n) is 2.47. The molecule has 0 amide bonds. The Morgan fingerprint density at radius 3 is 2.27 bits per heavy atom. The number of nitrogen functional groups attached to an aromatic ring is 2. The first-order valence-corrected chi connectivity index (χ1v) is 8.46. The number of esters is 1. The van der Waals surface area contributed by atoms with E-state index in [4.69, 9.17) is 20.9 Å². The quantitative estimate of drug-likeness (QED) is 0.448. The van der Waals surface area contributed by atoms with Crippen LogP contribution in [0, 0.1) is 0 Å². The van der Waals surface area contributed by atoms with Crippen LogP contribution in [0.15, 0.2) is 36.4 Å². The third-order valence-corrected chi connectivity index (χ3v) is 3.96. The molecule has 0 spiro atoms. The Bertz CT molecular complexity index is 798. The minimum atomic E-state index is -0.525. The summed E-state index contributed by atoms with van der Waals surface area (Å²) in [5.41, 5.74) is 14.0. The van der Waals surface area contributed by atoms with Crippen molar-refractivity contribution in [3.8, 4) is 5.75 Å². The monoisotopic (exact) mass is 356 g/mol. The van der Waals surface area contributed by atoms with Gasteiger partial charge in [-0.3, -0.25) is 4.79 Å². The molecule has 2 aromatic carbocycles. The van der Waals surface area contributed by atoms with Crippen molar-refractivity contribution in [3.63, 3.8) is 0 Å². The Balaban J connectivity index is 2.35. The van der Waals surface area contributed by atoms with Gasteiger partial charge in [-0.15, -0.1) is 0 Å². The second kappa shape index (κ2) is 8.38. The van der Waals surface area contributed by atoms with Crippen molar-refractivity contribution in [2.45, 2.75) is 26.7 Å². The van der Waals surface area contributed by atoms with Crippen molar-refractivity contribution in [1.29, 1.82) is 0 Å². The zero-order valence-electron chi connectivity index (χ0n) is 15.2. The Labute approximate surface area is 153 Å².